The lowest BCUT2D eigenvalue weighted by Gasteiger charge is -2.20. The molecule has 1 aromatic heterocycles. The van der Waals surface area contributed by atoms with Crippen molar-refractivity contribution in [3.63, 3.8) is 0 Å². The molecule has 0 aliphatic carbocycles. The van der Waals surface area contributed by atoms with Gasteiger partial charge in [-0.05, 0) is 31.4 Å². The van der Waals surface area contributed by atoms with Crippen molar-refractivity contribution < 1.29 is 9.59 Å². The van der Waals surface area contributed by atoms with Crippen molar-refractivity contribution in [3.05, 3.63) is 44.6 Å². The quantitative estimate of drug-likeness (QED) is 0.761. The Balaban J connectivity index is 1.93. The summed E-state index contributed by atoms with van der Waals surface area (Å²) in [5, 5.41) is 0.490. The number of aldehydes is 1. The zero-order valence-electron chi connectivity index (χ0n) is 14.4. The first-order chi connectivity index (χ1) is 12.0. The molecule has 3 rings (SSSR count). The first-order valence-electron chi connectivity index (χ1n) is 8.39. The third kappa shape index (κ3) is 2.90. The van der Waals surface area contributed by atoms with E-state index in [2.05, 4.69) is 0 Å². The van der Waals surface area contributed by atoms with Crippen LogP contribution in [0.1, 0.15) is 24.8 Å². The normalized spacial score (nSPS) is 17.2. The number of aromatic nitrogens is 2. The summed E-state index contributed by atoms with van der Waals surface area (Å²) in [4.78, 5) is 50.2. The predicted octanol–water partition coefficient (Wildman–Crippen LogP) is 0.589. The second-order valence-electron chi connectivity index (χ2n) is 6.45. The summed E-state index contributed by atoms with van der Waals surface area (Å²) < 4.78 is 2.54. The summed E-state index contributed by atoms with van der Waals surface area (Å²) in [6.45, 7) is 2.38. The van der Waals surface area contributed by atoms with Crippen molar-refractivity contribution in [1.82, 2.24) is 14.0 Å². The molecule has 1 saturated heterocycles. The maximum Gasteiger partial charge on any atom is 0.331 e. The van der Waals surface area contributed by atoms with Crippen molar-refractivity contribution in [2.75, 3.05) is 6.54 Å². The summed E-state index contributed by atoms with van der Waals surface area (Å²) in [6, 6.07) is 4.98. The van der Waals surface area contributed by atoms with Gasteiger partial charge in [0.1, 0.15) is 6.29 Å². The number of aryl methyl sites for hydroxylation is 2. The van der Waals surface area contributed by atoms with Crippen LogP contribution in [0.5, 0.6) is 0 Å². The summed E-state index contributed by atoms with van der Waals surface area (Å²) in [7, 11) is 1.62. The van der Waals surface area contributed by atoms with Gasteiger partial charge in [0.15, 0.2) is 0 Å². The van der Waals surface area contributed by atoms with Gasteiger partial charge in [-0.25, -0.2) is 4.79 Å². The first kappa shape index (κ1) is 17.1. The molecule has 1 aromatic carbocycles. The molecule has 7 nitrogen and oxygen atoms in total. The second kappa shape index (κ2) is 6.66. The molecule has 2 heterocycles. The van der Waals surface area contributed by atoms with Crippen molar-refractivity contribution in [3.8, 4) is 0 Å². The van der Waals surface area contributed by atoms with E-state index in [1.807, 2.05) is 13.0 Å². The topological polar surface area (TPSA) is 81.4 Å². The van der Waals surface area contributed by atoms with Crippen LogP contribution < -0.4 is 11.2 Å². The highest BCUT2D eigenvalue weighted by Crippen LogP contribution is 2.16. The zero-order valence-corrected chi connectivity index (χ0v) is 14.4. The molecule has 1 amide bonds. The SMILES string of the molecule is Cc1cccc2c1c(=O)n(CCC(=O)N1CCC[C@H]1C=O)c(=O)n2C. The Kier molecular flexibility index (Phi) is 4.57. The fraction of sp³-hybridized carbons (Fsp3) is 0.444. The van der Waals surface area contributed by atoms with Crippen molar-refractivity contribution >= 4 is 23.1 Å². The summed E-state index contributed by atoms with van der Waals surface area (Å²) in [6.07, 6.45) is 2.28. The molecule has 2 aromatic rings. The van der Waals surface area contributed by atoms with Gasteiger partial charge in [-0.15, -0.1) is 0 Å². The fourth-order valence-corrected chi connectivity index (χ4v) is 3.51. The van der Waals surface area contributed by atoms with Gasteiger partial charge in [0, 0.05) is 26.6 Å². The number of hydrogen-bond donors (Lipinski definition) is 0. The van der Waals surface area contributed by atoms with Crippen LogP contribution in [0.2, 0.25) is 0 Å². The number of rotatable bonds is 4. The van der Waals surface area contributed by atoms with Crippen LogP contribution in [0.4, 0.5) is 0 Å². The van der Waals surface area contributed by atoms with Gasteiger partial charge < -0.3 is 9.69 Å². The van der Waals surface area contributed by atoms with Gasteiger partial charge in [0.05, 0.1) is 16.9 Å². The van der Waals surface area contributed by atoms with Crippen LogP contribution in [0, 0.1) is 6.92 Å². The molecule has 1 aliphatic heterocycles. The molecule has 0 unspecified atom stereocenters. The van der Waals surface area contributed by atoms with E-state index >= 15 is 0 Å². The summed E-state index contributed by atoms with van der Waals surface area (Å²) in [5.74, 6) is -0.201. The minimum absolute atomic E-state index is 0.0106. The second-order valence-corrected chi connectivity index (χ2v) is 6.45. The Labute approximate surface area is 144 Å². The number of nitrogens with zero attached hydrogens (tertiary/aromatic N) is 3. The van der Waals surface area contributed by atoms with Gasteiger partial charge in [-0.3, -0.25) is 18.7 Å². The van der Waals surface area contributed by atoms with E-state index in [1.165, 1.54) is 9.47 Å². The Bertz CT molecular complexity index is 957. The number of amides is 1. The van der Waals surface area contributed by atoms with Crippen LogP contribution in [0.25, 0.3) is 10.9 Å². The predicted molar refractivity (Wildman–Crippen MR) is 93.6 cm³/mol. The average Bonchev–Trinajstić information content (AvgIpc) is 3.08. The van der Waals surface area contributed by atoms with Crippen LogP contribution >= 0.6 is 0 Å². The Hall–Kier alpha value is -2.70. The minimum Gasteiger partial charge on any atom is -0.333 e. The lowest BCUT2D eigenvalue weighted by Crippen LogP contribution is -2.42. The highest BCUT2D eigenvalue weighted by Gasteiger charge is 2.28. The lowest BCUT2D eigenvalue weighted by molar-refractivity contribution is -0.134. The van der Waals surface area contributed by atoms with E-state index in [4.69, 9.17) is 0 Å². The number of carbonyl (C=O) groups excluding carboxylic acids is 2. The molecule has 0 N–H and O–H groups in total. The average molecular weight is 343 g/mol. The van der Waals surface area contributed by atoms with Crippen LogP contribution in [0.3, 0.4) is 0 Å². The maximum absolute atomic E-state index is 12.7. The Morgan fingerprint density at radius 1 is 1.32 bits per heavy atom. The molecular formula is C18H21N3O4. The van der Waals surface area contributed by atoms with Crippen LogP contribution in [-0.2, 0) is 23.2 Å². The molecule has 1 atom stereocenters. The molecule has 0 saturated carbocycles. The minimum atomic E-state index is -0.441. The highest BCUT2D eigenvalue weighted by atomic mass is 16.2. The molecule has 132 valence electrons. The molecular weight excluding hydrogens is 322 g/mol. The molecule has 7 heteroatoms. The molecule has 1 aliphatic rings. The van der Waals surface area contributed by atoms with Crippen molar-refractivity contribution in [1.29, 1.82) is 0 Å². The van der Waals surface area contributed by atoms with Gasteiger partial charge >= 0.3 is 5.69 Å². The highest BCUT2D eigenvalue weighted by molar-refractivity contribution is 5.82. The van der Waals surface area contributed by atoms with Gasteiger partial charge in [0.25, 0.3) is 5.56 Å². The largest absolute Gasteiger partial charge is 0.333 e. The third-order valence-electron chi connectivity index (χ3n) is 4.91. The molecule has 0 spiro atoms. The maximum atomic E-state index is 12.7. The summed E-state index contributed by atoms with van der Waals surface area (Å²) in [5.41, 5.74) is 0.554. The van der Waals surface area contributed by atoms with Gasteiger partial charge in [-0.2, -0.15) is 0 Å². The number of benzene rings is 1. The van der Waals surface area contributed by atoms with Gasteiger partial charge in [0.2, 0.25) is 5.91 Å². The number of carbonyl (C=O) groups is 2. The fourth-order valence-electron chi connectivity index (χ4n) is 3.51. The van der Waals surface area contributed by atoms with E-state index in [9.17, 15) is 19.2 Å². The molecule has 0 bridgehead atoms. The molecule has 0 radical (unpaired) electrons. The third-order valence-corrected chi connectivity index (χ3v) is 4.91. The lowest BCUT2D eigenvalue weighted by atomic mass is 10.1. The van der Waals surface area contributed by atoms with E-state index in [0.717, 1.165) is 22.8 Å². The Morgan fingerprint density at radius 3 is 2.80 bits per heavy atom. The zero-order chi connectivity index (χ0) is 18.1. The van der Waals surface area contributed by atoms with Gasteiger partial charge in [-0.1, -0.05) is 12.1 Å². The number of fused-ring (bicyclic) bond motifs is 1. The van der Waals surface area contributed by atoms with Crippen molar-refractivity contribution in [2.45, 2.75) is 38.8 Å². The van der Waals surface area contributed by atoms with Crippen LogP contribution in [-0.4, -0.2) is 38.8 Å². The van der Waals surface area contributed by atoms with Crippen molar-refractivity contribution in [2.24, 2.45) is 7.05 Å². The van der Waals surface area contributed by atoms with Crippen LogP contribution in [0.15, 0.2) is 27.8 Å². The smallest absolute Gasteiger partial charge is 0.331 e. The molecule has 25 heavy (non-hydrogen) atoms. The summed E-state index contributed by atoms with van der Waals surface area (Å²) >= 11 is 0. The first-order valence-corrected chi connectivity index (χ1v) is 8.39. The number of hydrogen-bond acceptors (Lipinski definition) is 4. The van der Waals surface area contributed by atoms with E-state index in [-0.39, 0.29) is 30.5 Å². The van der Waals surface area contributed by atoms with E-state index in [1.54, 1.807) is 19.2 Å². The molecule has 1 fully saturated rings. The van der Waals surface area contributed by atoms with E-state index in [0.29, 0.717) is 23.9 Å². The standard InChI is InChI=1S/C18H21N3O4/c1-12-5-3-7-14-16(12)17(24)21(18(25)19(14)2)10-8-15(23)20-9-4-6-13(20)11-22/h3,5,7,11,13H,4,6,8-10H2,1-2H3/t13-/m0/s1. The van der Waals surface area contributed by atoms with E-state index < -0.39 is 5.69 Å². The number of likely N-dealkylation sites (tertiary alicyclic amines) is 1. The monoisotopic (exact) mass is 343 g/mol. The Morgan fingerprint density at radius 2 is 2.08 bits per heavy atom.